The zero-order chi connectivity index (χ0) is 16.1. The van der Waals surface area contributed by atoms with Crippen LogP contribution in [-0.4, -0.2) is 27.6 Å². The van der Waals surface area contributed by atoms with Crippen molar-refractivity contribution in [3.63, 3.8) is 0 Å². The molecule has 1 saturated carbocycles. The van der Waals surface area contributed by atoms with Gasteiger partial charge in [0.2, 0.25) is 11.0 Å². The fourth-order valence-electron chi connectivity index (χ4n) is 3.11. The van der Waals surface area contributed by atoms with Gasteiger partial charge in [0.15, 0.2) is 5.01 Å². The van der Waals surface area contributed by atoms with Crippen molar-refractivity contribution >= 4 is 22.4 Å². The average Bonchev–Trinajstić information content (AvgIpc) is 3.26. The van der Waals surface area contributed by atoms with E-state index in [1.807, 2.05) is 19.1 Å². The predicted molar refractivity (Wildman–Crippen MR) is 92.4 cm³/mol. The molecule has 2 aromatic heterocycles. The molecule has 5 nitrogen and oxygen atoms in total. The molecule has 0 radical (unpaired) electrons. The Morgan fingerprint density at radius 1 is 1.35 bits per heavy atom. The van der Waals surface area contributed by atoms with E-state index in [0.717, 1.165) is 22.9 Å². The van der Waals surface area contributed by atoms with Gasteiger partial charge in [-0.3, -0.25) is 14.7 Å². The van der Waals surface area contributed by atoms with Crippen molar-refractivity contribution < 1.29 is 4.79 Å². The summed E-state index contributed by atoms with van der Waals surface area (Å²) < 4.78 is 0. The fourth-order valence-corrected chi connectivity index (χ4v) is 4.03. The van der Waals surface area contributed by atoms with E-state index in [2.05, 4.69) is 15.2 Å². The summed E-state index contributed by atoms with van der Waals surface area (Å²) in [6, 6.07) is 3.83. The van der Waals surface area contributed by atoms with Gasteiger partial charge in [0.25, 0.3) is 0 Å². The monoisotopic (exact) mass is 330 g/mol. The van der Waals surface area contributed by atoms with Gasteiger partial charge in [0.1, 0.15) is 0 Å². The van der Waals surface area contributed by atoms with E-state index < -0.39 is 0 Å². The van der Waals surface area contributed by atoms with Gasteiger partial charge in [-0.1, -0.05) is 37.0 Å². The van der Waals surface area contributed by atoms with Gasteiger partial charge >= 0.3 is 0 Å². The number of anilines is 1. The van der Waals surface area contributed by atoms with Crippen molar-refractivity contribution in [1.29, 1.82) is 0 Å². The normalized spacial score (nSPS) is 15.0. The first kappa shape index (κ1) is 16.1. The van der Waals surface area contributed by atoms with Crippen LogP contribution in [0.5, 0.6) is 0 Å². The topological polar surface area (TPSA) is 59.0 Å². The minimum Gasteiger partial charge on any atom is -0.287 e. The molecule has 0 bridgehead atoms. The third kappa shape index (κ3) is 3.93. The van der Waals surface area contributed by atoms with E-state index in [1.54, 1.807) is 17.3 Å². The lowest BCUT2D eigenvalue weighted by Crippen LogP contribution is -2.30. The highest BCUT2D eigenvalue weighted by Crippen LogP contribution is 2.31. The van der Waals surface area contributed by atoms with E-state index in [9.17, 15) is 4.79 Å². The first-order valence-electron chi connectivity index (χ1n) is 8.32. The maximum Gasteiger partial charge on any atom is 0.228 e. The average molecular weight is 330 g/mol. The zero-order valence-electron chi connectivity index (χ0n) is 13.4. The Labute approximate surface area is 140 Å². The Kier molecular flexibility index (Phi) is 5.33. The van der Waals surface area contributed by atoms with Crippen LogP contribution in [0.4, 0.5) is 5.13 Å². The lowest BCUT2D eigenvalue weighted by molar-refractivity contribution is -0.118. The van der Waals surface area contributed by atoms with Gasteiger partial charge in [-0.2, -0.15) is 0 Å². The van der Waals surface area contributed by atoms with Crippen LogP contribution in [0.3, 0.4) is 0 Å². The predicted octanol–water partition coefficient (Wildman–Crippen LogP) is 3.92. The van der Waals surface area contributed by atoms with Crippen LogP contribution in [-0.2, 0) is 4.79 Å². The molecule has 1 amide bonds. The van der Waals surface area contributed by atoms with Crippen LogP contribution in [0.1, 0.15) is 45.4 Å². The van der Waals surface area contributed by atoms with Gasteiger partial charge in [0.05, 0.1) is 0 Å². The molecule has 0 saturated heterocycles. The van der Waals surface area contributed by atoms with Crippen molar-refractivity contribution in [2.24, 2.45) is 5.92 Å². The van der Waals surface area contributed by atoms with Gasteiger partial charge in [-0.05, 0) is 31.4 Å². The third-order valence-electron chi connectivity index (χ3n) is 4.41. The molecular weight excluding hydrogens is 308 g/mol. The van der Waals surface area contributed by atoms with E-state index in [1.165, 1.54) is 37.0 Å². The molecule has 23 heavy (non-hydrogen) atoms. The number of hydrogen-bond donors (Lipinski definition) is 0. The second kappa shape index (κ2) is 7.64. The first-order chi connectivity index (χ1) is 11.3. The Hall–Kier alpha value is -1.82. The van der Waals surface area contributed by atoms with E-state index in [-0.39, 0.29) is 5.91 Å². The van der Waals surface area contributed by atoms with Crippen LogP contribution in [0, 0.1) is 5.92 Å². The number of aromatic nitrogens is 3. The molecule has 3 rings (SSSR count). The Balaban J connectivity index is 1.65. The van der Waals surface area contributed by atoms with Gasteiger partial charge < -0.3 is 0 Å². The highest BCUT2D eigenvalue weighted by molar-refractivity contribution is 7.18. The van der Waals surface area contributed by atoms with Crippen molar-refractivity contribution in [1.82, 2.24) is 15.2 Å². The molecule has 0 aromatic carbocycles. The number of carbonyl (C=O) groups excluding carboxylic acids is 1. The molecule has 1 fully saturated rings. The molecular formula is C17H22N4OS. The maximum absolute atomic E-state index is 12.5. The largest absolute Gasteiger partial charge is 0.287 e. The molecule has 122 valence electrons. The molecule has 1 aliphatic rings. The Morgan fingerprint density at radius 2 is 2.17 bits per heavy atom. The molecule has 0 N–H and O–H groups in total. The van der Waals surface area contributed by atoms with Crippen molar-refractivity contribution in [2.75, 3.05) is 11.4 Å². The van der Waals surface area contributed by atoms with Gasteiger partial charge in [0, 0.05) is 30.9 Å². The number of nitrogens with zero attached hydrogens (tertiary/aromatic N) is 4. The Morgan fingerprint density at radius 3 is 2.87 bits per heavy atom. The molecule has 0 aliphatic heterocycles. The number of amides is 1. The van der Waals surface area contributed by atoms with Crippen molar-refractivity contribution in [3.05, 3.63) is 24.5 Å². The summed E-state index contributed by atoms with van der Waals surface area (Å²) in [6.07, 6.45) is 10.3. The van der Waals surface area contributed by atoms with Crippen LogP contribution in [0.15, 0.2) is 24.5 Å². The zero-order valence-corrected chi connectivity index (χ0v) is 14.3. The quantitative estimate of drug-likeness (QED) is 0.805. The maximum atomic E-state index is 12.5. The van der Waals surface area contributed by atoms with E-state index in [0.29, 0.717) is 18.1 Å². The summed E-state index contributed by atoms with van der Waals surface area (Å²) in [5.74, 6) is 0.895. The van der Waals surface area contributed by atoms with E-state index >= 15 is 0 Å². The molecule has 0 spiro atoms. The van der Waals surface area contributed by atoms with Crippen LogP contribution in [0.25, 0.3) is 10.6 Å². The number of hydrogen-bond acceptors (Lipinski definition) is 5. The summed E-state index contributed by atoms with van der Waals surface area (Å²) in [5, 5.41) is 9.90. The smallest absolute Gasteiger partial charge is 0.228 e. The highest BCUT2D eigenvalue weighted by atomic mass is 32.1. The first-order valence-corrected chi connectivity index (χ1v) is 9.14. The standard InChI is InChI=1S/C17H22N4OS/c1-2-21(15(22)10-9-13-6-3-4-7-13)17-20-19-16(23-17)14-8-5-11-18-12-14/h5,8,11-13H,2-4,6-7,9-10H2,1H3. The number of carbonyl (C=O) groups is 1. The lowest BCUT2D eigenvalue weighted by Gasteiger charge is -2.18. The highest BCUT2D eigenvalue weighted by Gasteiger charge is 2.21. The summed E-state index contributed by atoms with van der Waals surface area (Å²) in [6.45, 7) is 2.61. The van der Waals surface area contributed by atoms with Gasteiger partial charge in [-0.15, -0.1) is 10.2 Å². The second-order valence-corrected chi connectivity index (χ2v) is 6.91. The number of pyridine rings is 1. The SMILES string of the molecule is CCN(C(=O)CCC1CCCC1)c1nnc(-c2cccnc2)s1. The fraction of sp³-hybridized carbons (Fsp3) is 0.529. The summed E-state index contributed by atoms with van der Waals surface area (Å²) in [7, 11) is 0. The minimum absolute atomic E-state index is 0.160. The third-order valence-corrected chi connectivity index (χ3v) is 5.41. The molecule has 2 heterocycles. The molecule has 6 heteroatoms. The van der Waals surface area contributed by atoms with Crippen LogP contribution < -0.4 is 4.90 Å². The summed E-state index contributed by atoms with van der Waals surface area (Å²) in [4.78, 5) is 18.4. The van der Waals surface area contributed by atoms with Crippen LogP contribution >= 0.6 is 11.3 Å². The Bertz CT molecular complexity index is 637. The minimum atomic E-state index is 0.160. The molecule has 0 atom stereocenters. The number of rotatable bonds is 6. The molecule has 1 aliphatic carbocycles. The summed E-state index contributed by atoms with van der Waals surface area (Å²) >= 11 is 1.45. The molecule has 2 aromatic rings. The molecule has 0 unspecified atom stereocenters. The lowest BCUT2D eigenvalue weighted by atomic mass is 10.0. The summed E-state index contributed by atoms with van der Waals surface area (Å²) in [5.41, 5.74) is 0.936. The van der Waals surface area contributed by atoms with Crippen LogP contribution in [0.2, 0.25) is 0 Å². The van der Waals surface area contributed by atoms with Crippen molar-refractivity contribution in [2.45, 2.75) is 45.4 Å². The van der Waals surface area contributed by atoms with E-state index in [4.69, 9.17) is 0 Å². The second-order valence-electron chi connectivity index (χ2n) is 5.96. The van der Waals surface area contributed by atoms with Crippen molar-refractivity contribution in [3.8, 4) is 10.6 Å². The van der Waals surface area contributed by atoms with Gasteiger partial charge in [-0.25, -0.2) is 0 Å².